The van der Waals surface area contributed by atoms with Gasteiger partial charge < -0.3 is 14.5 Å². The van der Waals surface area contributed by atoms with E-state index in [9.17, 15) is 0 Å². The minimum Gasteiger partial charge on any atom is -0.347 e. The van der Waals surface area contributed by atoms with Crippen molar-refractivity contribution in [3.63, 3.8) is 0 Å². The second-order valence-corrected chi connectivity index (χ2v) is 5.35. The molecule has 0 bridgehead atoms. The molecule has 4 heteroatoms. The zero-order valence-corrected chi connectivity index (χ0v) is 12.7. The second kappa shape index (κ2) is 6.14. The number of rotatable bonds is 6. The standard InChI is InChI=1S/C17H22N4/c1-3-18-13-15-6-4-5-14-7-10-21(17(14)15)11-8-16-19-9-12-20(16)2/h4-7,9-10,12,18H,3,8,11,13H2,1-2H3. The zero-order valence-electron chi connectivity index (χ0n) is 12.7. The number of aryl methyl sites for hydroxylation is 3. The molecule has 0 fully saturated rings. The molecule has 1 N–H and O–H groups in total. The van der Waals surface area contributed by atoms with Crippen molar-refractivity contribution in [3.8, 4) is 0 Å². The average molecular weight is 282 g/mol. The van der Waals surface area contributed by atoms with Crippen molar-refractivity contribution < 1.29 is 0 Å². The summed E-state index contributed by atoms with van der Waals surface area (Å²) >= 11 is 0. The Morgan fingerprint density at radius 2 is 2.10 bits per heavy atom. The van der Waals surface area contributed by atoms with E-state index >= 15 is 0 Å². The third kappa shape index (κ3) is 2.85. The summed E-state index contributed by atoms with van der Waals surface area (Å²) in [5.41, 5.74) is 2.70. The largest absolute Gasteiger partial charge is 0.347 e. The zero-order chi connectivity index (χ0) is 14.7. The molecule has 0 aliphatic heterocycles. The van der Waals surface area contributed by atoms with E-state index < -0.39 is 0 Å². The van der Waals surface area contributed by atoms with Crippen molar-refractivity contribution >= 4 is 10.9 Å². The summed E-state index contributed by atoms with van der Waals surface area (Å²) in [6.07, 6.45) is 6.99. The van der Waals surface area contributed by atoms with E-state index in [2.05, 4.69) is 56.8 Å². The lowest BCUT2D eigenvalue weighted by molar-refractivity contribution is 0.662. The summed E-state index contributed by atoms with van der Waals surface area (Å²) in [6, 6.07) is 8.73. The maximum atomic E-state index is 4.40. The first-order chi connectivity index (χ1) is 10.3. The van der Waals surface area contributed by atoms with Gasteiger partial charge in [-0.2, -0.15) is 0 Å². The highest BCUT2D eigenvalue weighted by Gasteiger charge is 2.07. The highest BCUT2D eigenvalue weighted by atomic mass is 15.0. The average Bonchev–Trinajstić information content (AvgIpc) is 3.09. The van der Waals surface area contributed by atoms with Gasteiger partial charge in [0.25, 0.3) is 0 Å². The van der Waals surface area contributed by atoms with Crippen LogP contribution in [0.4, 0.5) is 0 Å². The summed E-state index contributed by atoms with van der Waals surface area (Å²) in [7, 11) is 2.05. The molecule has 2 aromatic heterocycles. The van der Waals surface area contributed by atoms with Crippen molar-refractivity contribution in [3.05, 3.63) is 54.2 Å². The van der Waals surface area contributed by atoms with Crippen molar-refractivity contribution in [2.45, 2.75) is 26.4 Å². The van der Waals surface area contributed by atoms with E-state index in [4.69, 9.17) is 0 Å². The van der Waals surface area contributed by atoms with Gasteiger partial charge in [0.2, 0.25) is 0 Å². The van der Waals surface area contributed by atoms with E-state index in [1.165, 1.54) is 16.5 Å². The lowest BCUT2D eigenvalue weighted by Gasteiger charge is -2.10. The van der Waals surface area contributed by atoms with E-state index in [0.717, 1.165) is 31.9 Å². The maximum absolute atomic E-state index is 4.40. The number of para-hydroxylation sites is 1. The molecule has 0 spiro atoms. The Morgan fingerprint density at radius 3 is 2.86 bits per heavy atom. The van der Waals surface area contributed by atoms with Crippen LogP contribution in [0.5, 0.6) is 0 Å². The topological polar surface area (TPSA) is 34.8 Å². The van der Waals surface area contributed by atoms with Gasteiger partial charge in [-0.3, -0.25) is 0 Å². The molecule has 0 radical (unpaired) electrons. The molecule has 0 saturated heterocycles. The maximum Gasteiger partial charge on any atom is 0.110 e. The van der Waals surface area contributed by atoms with Crippen LogP contribution in [0.25, 0.3) is 10.9 Å². The number of nitrogens with one attached hydrogen (secondary N) is 1. The molecular weight excluding hydrogens is 260 g/mol. The van der Waals surface area contributed by atoms with Crippen LogP contribution in [0.3, 0.4) is 0 Å². The fraction of sp³-hybridized carbons (Fsp3) is 0.353. The first-order valence-corrected chi connectivity index (χ1v) is 7.53. The molecule has 110 valence electrons. The first kappa shape index (κ1) is 13.9. The minimum absolute atomic E-state index is 0.917. The molecule has 0 aliphatic rings. The molecule has 3 rings (SSSR count). The van der Waals surface area contributed by atoms with Crippen LogP contribution >= 0.6 is 0 Å². The first-order valence-electron chi connectivity index (χ1n) is 7.53. The van der Waals surface area contributed by atoms with Crippen LogP contribution in [0.15, 0.2) is 42.9 Å². The number of hydrogen-bond donors (Lipinski definition) is 1. The van der Waals surface area contributed by atoms with Crippen LogP contribution in [-0.2, 0) is 26.6 Å². The Kier molecular flexibility index (Phi) is 4.06. The Bertz CT molecular complexity index is 723. The Hall–Kier alpha value is -2.07. The Morgan fingerprint density at radius 1 is 1.19 bits per heavy atom. The molecule has 1 aromatic carbocycles. The molecule has 0 unspecified atom stereocenters. The van der Waals surface area contributed by atoms with E-state index in [1.807, 2.05) is 19.4 Å². The Labute approximate surface area is 125 Å². The Balaban J connectivity index is 1.86. The van der Waals surface area contributed by atoms with Crippen LogP contribution in [0, 0.1) is 0 Å². The third-order valence-electron chi connectivity index (χ3n) is 3.93. The number of nitrogens with zero attached hydrogens (tertiary/aromatic N) is 3. The van der Waals surface area contributed by atoms with E-state index in [-0.39, 0.29) is 0 Å². The van der Waals surface area contributed by atoms with Gasteiger partial charge in [-0.15, -0.1) is 0 Å². The van der Waals surface area contributed by atoms with Crippen LogP contribution in [0.2, 0.25) is 0 Å². The molecule has 0 amide bonds. The molecule has 3 aromatic rings. The van der Waals surface area contributed by atoms with Crippen molar-refractivity contribution in [2.75, 3.05) is 6.54 Å². The highest BCUT2D eigenvalue weighted by molar-refractivity contribution is 5.83. The molecule has 0 aliphatic carbocycles. The molecular formula is C17H22N4. The van der Waals surface area contributed by atoms with Crippen molar-refractivity contribution in [1.29, 1.82) is 0 Å². The summed E-state index contributed by atoms with van der Waals surface area (Å²) in [4.78, 5) is 4.40. The fourth-order valence-corrected chi connectivity index (χ4v) is 2.79. The smallest absolute Gasteiger partial charge is 0.110 e. The third-order valence-corrected chi connectivity index (χ3v) is 3.93. The van der Waals surface area contributed by atoms with Gasteiger partial charge in [0.1, 0.15) is 5.82 Å². The number of imidazole rings is 1. The van der Waals surface area contributed by atoms with Crippen LogP contribution < -0.4 is 5.32 Å². The number of benzene rings is 1. The monoisotopic (exact) mass is 282 g/mol. The lowest BCUT2D eigenvalue weighted by Crippen LogP contribution is -2.13. The number of fused-ring (bicyclic) bond motifs is 1. The van der Waals surface area contributed by atoms with E-state index in [0.29, 0.717) is 0 Å². The van der Waals surface area contributed by atoms with Crippen molar-refractivity contribution in [1.82, 2.24) is 19.4 Å². The number of hydrogen-bond acceptors (Lipinski definition) is 2. The quantitative estimate of drug-likeness (QED) is 0.754. The molecule has 4 nitrogen and oxygen atoms in total. The second-order valence-electron chi connectivity index (χ2n) is 5.35. The van der Waals surface area contributed by atoms with Gasteiger partial charge in [0.05, 0.1) is 5.52 Å². The SMILES string of the molecule is CCNCc1cccc2ccn(CCc3nccn3C)c12. The summed E-state index contributed by atoms with van der Waals surface area (Å²) in [5.74, 6) is 1.13. The van der Waals surface area contributed by atoms with Gasteiger partial charge in [-0.1, -0.05) is 25.1 Å². The lowest BCUT2D eigenvalue weighted by atomic mass is 10.1. The van der Waals surface area contributed by atoms with Crippen LogP contribution in [0.1, 0.15) is 18.3 Å². The molecule has 0 saturated carbocycles. The predicted molar refractivity (Wildman–Crippen MR) is 86.2 cm³/mol. The highest BCUT2D eigenvalue weighted by Crippen LogP contribution is 2.21. The van der Waals surface area contributed by atoms with Gasteiger partial charge in [-0.05, 0) is 23.6 Å². The van der Waals surface area contributed by atoms with Gasteiger partial charge in [0.15, 0.2) is 0 Å². The van der Waals surface area contributed by atoms with Gasteiger partial charge >= 0.3 is 0 Å². The summed E-state index contributed by atoms with van der Waals surface area (Å²) in [6.45, 7) is 5.00. The minimum atomic E-state index is 0.917. The molecule has 2 heterocycles. The molecule has 21 heavy (non-hydrogen) atoms. The van der Waals surface area contributed by atoms with Crippen LogP contribution in [-0.4, -0.2) is 20.7 Å². The normalized spacial score (nSPS) is 11.3. The van der Waals surface area contributed by atoms with Gasteiger partial charge in [0, 0.05) is 45.1 Å². The van der Waals surface area contributed by atoms with E-state index in [1.54, 1.807) is 0 Å². The van der Waals surface area contributed by atoms with Crippen molar-refractivity contribution in [2.24, 2.45) is 7.05 Å². The molecule has 0 atom stereocenters. The number of aromatic nitrogens is 3. The van der Waals surface area contributed by atoms with Gasteiger partial charge in [-0.25, -0.2) is 4.98 Å². The fourth-order valence-electron chi connectivity index (χ4n) is 2.79. The predicted octanol–water partition coefficient (Wildman–Crippen LogP) is 2.73. The summed E-state index contributed by atoms with van der Waals surface area (Å²) in [5, 5.41) is 4.73. The summed E-state index contributed by atoms with van der Waals surface area (Å²) < 4.78 is 4.43.